The fraction of sp³-hybridized carbons (Fsp3) is 0.188. The lowest BCUT2D eigenvalue weighted by Crippen LogP contribution is -2.13. The first kappa shape index (κ1) is 13.3. The molecule has 3 aromatic rings. The zero-order valence-electron chi connectivity index (χ0n) is 11.7. The van der Waals surface area contributed by atoms with Crippen molar-refractivity contribution in [3.63, 3.8) is 0 Å². The smallest absolute Gasteiger partial charge is 0.249 e. The third kappa shape index (κ3) is 2.76. The molecule has 0 aliphatic carbocycles. The molecule has 0 aliphatic rings. The maximum atomic E-state index is 12.3. The van der Waals surface area contributed by atoms with Crippen molar-refractivity contribution in [1.29, 1.82) is 0 Å². The normalized spacial score (nSPS) is 10.7. The SMILES string of the molecule is COc1cccc(CCC(=O)n2nnc3ccccc32)c1. The van der Waals surface area contributed by atoms with E-state index in [9.17, 15) is 4.79 Å². The zero-order chi connectivity index (χ0) is 14.7. The molecule has 106 valence electrons. The molecule has 1 aromatic heterocycles. The van der Waals surface area contributed by atoms with Gasteiger partial charge >= 0.3 is 0 Å². The molecule has 0 unspecified atom stereocenters. The second-order valence-electron chi connectivity index (χ2n) is 4.74. The van der Waals surface area contributed by atoms with E-state index in [-0.39, 0.29) is 5.91 Å². The van der Waals surface area contributed by atoms with E-state index in [2.05, 4.69) is 10.3 Å². The van der Waals surface area contributed by atoms with Gasteiger partial charge < -0.3 is 4.74 Å². The molecule has 0 N–H and O–H groups in total. The predicted molar refractivity (Wildman–Crippen MR) is 79.5 cm³/mol. The van der Waals surface area contributed by atoms with Gasteiger partial charge in [0.15, 0.2) is 0 Å². The molecule has 21 heavy (non-hydrogen) atoms. The highest BCUT2D eigenvalue weighted by molar-refractivity contribution is 5.88. The fourth-order valence-electron chi connectivity index (χ4n) is 2.24. The van der Waals surface area contributed by atoms with Gasteiger partial charge in [-0.25, -0.2) is 0 Å². The Morgan fingerprint density at radius 1 is 1.19 bits per heavy atom. The van der Waals surface area contributed by atoms with Crippen molar-refractivity contribution in [3.8, 4) is 5.75 Å². The molecular formula is C16H15N3O2. The number of hydrogen-bond acceptors (Lipinski definition) is 4. The number of ether oxygens (including phenoxy) is 1. The second-order valence-corrected chi connectivity index (χ2v) is 4.74. The standard InChI is InChI=1S/C16H15N3O2/c1-21-13-6-4-5-12(11-13)9-10-16(20)19-15-8-3-2-7-14(15)17-18-19/h2-8,11H,9-10H2,1H3. The maximum absolute atomic E-state index is 12.3. The number of para-hydroxylation sites is 1. The van der Waals surface area contributed by atoms with Crippen LogP contribution in [0.3, 0.4) is 0 Å². The summed E-state index contributed by atoms with van der Waals surface area (Å²) in [6.07, 6.45) is 1.02. The molecule has 0 atom stereocenters. The van der Waals surface area contributed by atoms with Gasteiger partial charge in [0, 0.05) is 6.42 Å². The van der Waals surface area contributed by atoms with E-state index in [0.29, 0.717) is 12.8 Å². The third-order valence-electron chi connectivity index (χ3n) is 3.35. The maximum Gasteiger partial charge on any atom is 0.249 e. The summed E-state index contributed by atoms with van der Waals surface area (Å²) in [5, 5.41) is 7.93. The molecule has 0 radical (unpaired) electrons. The van der Waals surface area contributed by atoms with Crippen molar-refractivity contribution >= 4 is 16.9 Å². The first-order valence-corrected chi connectivity index (χ1v) is 6.74. The second kappa shape index (κ2) is 5.75. The molecule has 2 aromatic carbocycles. The lowest BCUT2D eigenvalue weighted by Gasteiger charge is -2.04. The van der Waals surface area contributed by atoms with Gasteiger partial charge in [0.2, 0.25) is 5.91 Å². The van der Waals surface area contributed by atoms with Crippen LogP contribution < -0.4 is 4.74 Å². The van der Waals surface area contributed by atoms with Gasteiger partial charge in [-0.1, -0.05) is 29.5 Å². The van der Waals surface area contributed by atoms with Crippen molar-refractivity contribution < 1.29 is 9.53 Å². The number of aromatic nitrogens is 3. The van der Waals surface area contributed by atoms with Gasteiger partial charge in [0.05, 0.1) is 12.6 Å². The number of rotatable bonds is 4. The number of methoxy groups -OCH3 is 1. The first-order chi connectivity index (χ1) is 10.3. The molecule has 0 saturated carbocycles. The summed E-state index contributed by atoms with van der Waals surface area (Å²) in [6, 6.07) is 15.2. The largest absolute Gasteiger partial charge is 0.497 e. The van der Waals surface area contributed by atoms with Crippen molar-refractivity contribution in [2.75, 3.05) is 7.11 Å². The van der Waals surface area contributed by atoms with E-state index in [1.807, 2.05) is 48.5 Å². The van der Waals surface area contributed by atoms with Crippen LogP contribution in [-0.4, -0.2) is 28.0 Å². The van der Waals surface area contributed by atoms with Gasteiger partial charge in [-0.15, -0.1) is 5.10 Å². The molecule has 5 heteroatoms. The molecule has 0 fully saturated rings. The minimum Gasteiger partial charge on any atom is -0.497 e. The van der Waals surface area contributed by atoms with Crippen LogP contribution in [0.1, 0.15) is 16.8 Å². The number of nitrogens with zero attached hydrogens (tertiary/aromatic N) is 3. The summed E-state index contributed by atoms with van der Waals surface area (Å²) in [7, 11) is 1.63. The van der Waals surface area contributed by atoms with Gasteiger partial charge in [-0.2, -0.15) is 4.68 Å². The molecule has 0 amide bonds. The molecule has 3 rings (SSSR count). The Kier molecular flexibility index (Phi) is 3.64. The molecule has 0 aliphatic heterocycles. The Balaban J connectivity index is 1.74. The highest BCUT2D eigenvalue weighted by atomic mass is 16.5. The van der Waals surface area contributed by atoms with Crippen molar-refractivity contribution in [2.45, 2.75) is 12.8 Å². The Morgan fingerprint density at radius 3 is 2.90 bits per heavy atom. The minimum atomic E-state index is -0.0634. The Morgan fingerprint density at radius 2 is 2.05 bits per heavy atom. The Bertz CT molecular complexity index is 780. The van der Waals surface area contributed by atoms with Crippen LogP contribution in [-0.2, 0) is 6.42 Å². The van der Waals surface area contributed by atoms with Crippen LogP contribution in [0.4, 0.5) is 0 Å². The van der Waals surface area contributed by atoms with Crippen molar-refractivity contribution in [3.05, 3.63) is 54.1 Å². The predicted octanol–water partition coefficient (Wildman–Crippen LogP) is 2.71. The molecule has 0 bridgehead atoms. The number of carbonyl (C=O) groups excluding carboxylic acids is 1. The molecule has 0 spiro atoms. The van der Waals surface area contributed by atoms with Crippen molar-refractivity contribution in [1.82, 2.24) is 15.0 Å². The number of fused-ring (bicyclic) bond motifs is 1. The highest BCUT2D eigenvalue weighted by Gasteiger charge is 2.11. The quantitative estimate of drug-likeness (QED) is 0.737. The number of benzene rings is 2. The summed E-state index contributed by atoms with van der Waals surface area (Å²) in [4.78, 5) is 12.3. The summed E-state index contributed by atoms with van der Waals surface area (Å²) < 4.78 is 6.55. The molecular weight excluding hydrogens is 266 g/mol. The number of hydrogen-bond donors (Lipinski definition) is 0. The Hall–Kier alpha value is -2.69. The van der Waals surface area contributed by atoms with Crippen LogP contribution in [0.2, 0.25) is 0 Å². The van der Waals surface area contributed by atoms with E-state index < -0.39 is 0 Å². The molecule has 0 saturated heterocycles. The monoisotopic (exact) mass is 281 g/mol. The van der Waals surface area contributed by atoms with E-state index in [1.165, 1.54) is 4.68 Å². The number of carbonyl (C=O) groups is 1. The van der Waals surface area contributed by atoms with Gasteiger partial charge in [-0.3, -0.25) is 4.79 Å². The summed E-state index contributed by atoms with van der Waals surface area (Å²) in [6.45, 7) is 0. The van der Waals surface area contributed by atoms with Crippen LogP contribution in [0.5, 0.6) is 5.75 Å². The van der Waals surface area contributed by atoms with Gasteiger partial charge in [0.1, 0.15) is 11.3 Å². The highest BCUT2D eigenvalue weighted by Crippen LogP contribution is 2.15. The third-order valence-corrected chi connectivity index (χ3v) is 3.35. The summed E-state index contributed by atoms with van der Waals surface area (Å²) >= 11 is 0. The molecule has 5 nitrogen and oxygen atoms in total. The number of aryl methyl sites for hydroxylation is 1. The minimum absolute atomic E-state index is 0.0634. The van der Waals surface area contributed by atoms with Crippen LogP contribution in [0.25, 0.3) is 11.0 Å². The van der Waals surface area contributed by atoms with Gasteiger partial charge in [-0.05, 0) is 36.2 Å². The Labute approximate surface area is 122 Å². The van der Waals surface area contributed by atoms with Gasteiger partial charge in [0.25, 0.3) is 0 Å². The zero-order valence-corrected chi connectivity index (χ0v) is 11.7. The topological polar surface area (TPSA) is 57.0 Å². The van der Waals surface area contributed by atoms with Crippen LogP contribution >= 0.6 is 0 Å². The fourth-order valence-corrected chi connectivity index (χ4v) is 2.24. The average molecular weight is 281 g/mol. The van der Waals surface area contributed by atoms with E-state index in [1.54, 1.807) is 7.11 Å². The van der Waals surface area contributed by atoms with E-state index in [4.69, 9.17) is 4.74 Å². The summed E-state index contributed by atoms with van der Waals surface area (Å²) in [5.41, 5.74) is 2.53. The average Bonchev–Trinajstić information content (AvgIpc) is 2.97. The first-order valence-electron chi connectivity index (χ1n) is 6.74. The van der Waals surface area contributed by atoms with Crippen LogP contribution in [0, 0.1) is 0 Å². The van der Waals surface area contributed by atoms with Crippen LogP contribution in [0.15, 0.2) is 48.5 Å². The summed E-state index contributed by atoms with van der Waals surface area (Å²) in [5.74, 6) is 0.734. The lowest BCUT2D eigenvalue weighted by molar-refractivity contribution is 0.0890. The molecule has 1 heterocycles. The van der Waals surface area contributed by atoms with E-state index in [0.717, 1.165) is 22.3 Å². The van der Waals surface area contributed by atoms with Crippen molar-refractivity contribution in [2.24, 2.45) is 0 Å². The van der Waals surface area contributed by atoms with E-state index >= 15 is 0 Å². The lowest BCUT2D eigenvalue weighted by atomic mass is 10.1.